The lowest BCUT2D eigenvalue weighted by Gasteiger charge is -2.40. The van der Waals surface area contributed by atoms with Gasteiger partial charge < -0.3 is 19.3 Å². The molecule has 4 atom stereocenters. The van der Waals surface area contributed by atoms with Crippen molar-refractivity contribution in [3.63, 3.8) is 0 Å². The maximum atomic E-state index is 10.9. The van der Waals surface area contributed by atoms with E-state index in [-0.39, 0.29) is 6.61 Å². The first-order valence-electron chi connectivity index (χ1n) is 5.56. The van der Waals surface area contributed by atoms with Gasteiger partial charge in [-0.05, 0) is 13.8 Å². The first-order valence-corrected chi connectivity index (χ1v) is 7.47. The Labute approximate surface area is 116 Å². The predicted molar refractivity (Wildman–Crippen MR) is 63.4 cm³/mol. The van der Waals surface area contributed by atoms with Crippen LogP contribution in [-0.4, -0.2) is 55.9 Å². The van der Waals surface area contributed by atoms with E-state index in [0.717, 1.165) is 0 Å². The lowest BCUT2D eigenvalue weighted by molar-refractivity contribution is -0.283. The van der Waals surface area contributed by atoms with Crippen molar-refractivity contribution in [1.82, 2.24) is 0 Å². The average molecular weight is 318 g/mol. The maximum Gasteiger partial charge on any atom is 0.333 e. The molecule has 0 amide bonds. The number of aliphatic hydroxyl groups is 1. The number of rotatable bonds is 3. The Morgan fingerprint density at radius 2 is 2.16 bits per heavy atom. The number of hydrogen-bond acceptors (Lipinski definition) is 7. The Balaban J connectivity index is 2.23. The van der Waals surface area contributed by atoms with Crippen molar-refractivity contribution in [1.29, 1.82) is 0 Å². The molecule has 0 radical (unpaired) electrons. The molecule has 112 valence electrons. The van der Waals surface area contributed by atoms with Crippen LogP contribution in [0.2, 0.25) is 0 Å². The Kier molecular flexibility index (Phi) is 3.87. The Bertz CT molecular complexity index is 455. The molecule has 0 aromatic carbocycles. The maximum absolute atomic E-state index is 10.9. The van der Waals surface area contributed by atoms with Crippen molar-refractivity contribution in [3.05, 3.63) is 0 Å². The zero-order chi connectivity index (χ0) is 14.5. The number of ether oxygens (including phenoxy) is 3. The second kappa shape index (κ2) is 4.78. The van der Waals surface area contributed by atoms with Crippen molar-refractivity contribution in [2.75, 3.05) is 13.2 Å². The van der Waals surface area contributed by atoms with E-state index in [1.807, 2.05) is 0 Å². The number of fused-ring (bicyclic) bond motifs is 1. The topological polar surface area (TPSA) is 117 Å². The van der Waals surface area contributed by atoms with E-state index in [1.54, 1.807) is 13.8 Å². The van der Waals surface area contributed by atoms with Gasteiger partial charge in [-0.25, -0.2) is 5.14 Å². The monoisotopic (exact) mass is 317 g/mol. The van der Waals surface area contributed by atoms with Crippen molar-refractivity contribution in [3.8, 4) is 0 Å². The summed E-state index contributed by atoms with van der Waals surface area (Å²) >= 11 is 5.88. The molecule has 10 heteroatoms. The number of hydrogen-bond donors (Lipinski definition) is 2. The third-order valence-electron chi connectivity index (χ3n) is 2.85. The van der Waals surface area contributed by atoms with Gasteiger partial charge in [-0.1, -0.05) is 0 Å². The molecule has 2 aliphatic rings. The van der Waals surface area contributed by atoms with Crippen LogP contribution in [0.25, 0.3) is 0 Å². The Hall–Kier alpha value is -0.0000000000000000763. The normalized spacial score (nSPS) is 42.1. The smallest absolute Gasteiger partial charge is 0.333 e. The minimum Gasteiger partial charge on any atom is -0.389 e. The van der Waals surface area contributed by atoms with Gasteiger partial charge in [0, 0.05) is 0 Å². The van der Waals surface area contributed by atoms with Crippen LogP contribution in [0.15, 0.2) is 0 Å². The van der Waals surface area contributed by atoms with Gasteiger partial charge in [0.2, 0.25) is 5.79 Å². The highest BCUT2D eigenvalue weighted by molar-refractivity contribution is 7.84. The van der Waals surface area contributed by atoms with Crippen molar-refractivity contribution >= 4 is 21.9 Å². The van der Waals surface area contributed by atoms with E-state index in [2.05, 4.69) is 4.18 Å². The SMILES string of the molecule is CC1(C)O[C@H]2[C@H](O)[C@@H](Cl)CO[C@@]2(COS(N)(=O)=O)O1. The average Bonchev–Trinajstić information content (AvgIpc) is 2.53. The van der Waals surface area contributed by atoms with Gasteiger partial charge in [-0.15, -0.1) is 11.6 Å². The first-order chi connectivity index (χ1) is 8.55. The molecule has 0 bridgehead atoms. The summed E-state index contributed by atoms with van der Waals surface area (Å²) in [5.74, 6) is -2.63. The number of aliphatic hydroxyl groups excluding tert-OH is 1. The van der Waals surface area contributed by atoms with Gasteiger partial charge >= 0.3 is 10.3 Å². The van der Waals surface area contributed by atoms with Gasteiger partial charge in [0.15, 0.2) is 5.79 Å². The zero-order valence-electron chi connectivity index (χ0n) is 10.4. The number of alkyl halides is 1. The summed E-state index contributed by atoms with van der Waals surface area (Å²) in [7, 11) is -4.17. The van der Waals surface area contributed by atoms with Gasteiger partial charge in [-0.3, -0.25) is 4.18 Å². The molecule has 0 aliphatic carbocycles. The van der Waals surface area contributed by atoms with Crippen LogP contribution in [0.4, 0.5) is 0 Å². The van der Waals surface area contributed by atoms with E-state index < -0.39 is 46.1 Å². The molecule has 0 aromatic rings. The van der Waals surface area contributed by atoms with Crippen LogP contribution in [-0.2, 0) is 28.7 Å². The highest BCUT2D eigenvalue weighted by Crippen LogP contribution is 2.43. The fourth-order valence-electron chi connectivity index (χ4n) is 2.16. The summed E-state index contributed by atoms with van der Waals surface area (Å²) in [5.41, 5.74) is 0. The molecular formula is C9H16ClNO7S. The summed E-state index contributed by atoms with van der Waals surface area (Å²) in [5, 5.41) is 14.1. The van der Waals surface area contributed by atoms with E-state index in [0.29, 0.717) is 0 Å². The van der Waals surface area contributed by atoms with Crippen LogP contribution in [0, 0.1) is 0 Å². The molecule has 19 heavy (non-hydrogen) atoms. The molecular weight excluding hydrogens is 302 g/mol. The van der Waals surface area contributed by atoms with E-state index in [9.17, 15) is 13.5 Å². The van der Waals surface area contributed by atoms with E-state index in [1.165, 1.54) is 0 Å². The van der Waals surface area contributed by atoms with Crippen molar-refractivity contribution in [2.45, 2.75) is 43.0 Å². The molecule has 0 saturated carbocycles. The summed E-state index contributed by atoms with van der Waals surface area (Å²) in [6, 6.07) is 0. The molecule has 2 fully saturated rings. The first kappa shape index (κ1) is 15.4. The molecule has 8 nitrogen and oxygen atoms in total. The quantitative estimate of drug-likeness (QED) is 0.644. The summed E-state index contributed by atoms with van der Waals surface area (Å²) in [6.45, 7) is 2.64. The van der Waals surface area contributed by atoms with E-state index >= 15 is 0 Å². The van der Waals surface area contributed by atoms with Gasteiger partial charge in [0.25, 0.3) is 0 Å². The number of nitrogens with two attached hydrogens (primary N) is 1. The second-order valence-corrected chi connectivity index (χ2v) is 6.71. The van der Waals surface area contributed by atoms with Gasteiger partial charge in [-0.2, -0.15) is 8.42 Å². The lowest BCUT2D eigenvalue weighted by Crippen LogP contribution is -2.60. The molecule has 3 N–H and O–H groups in total. The highest BCUT2D eigenvalue weighted by Gasteiger charge is 2.61. The molecule has 0 unspecified atom stereocenters. The zero-order valence-corrected chi connectivity index (χ0v) is 12.0. The Morgan fingerprint density at radius 1 is 1.53 bits per heavy atom. The fraction of sp³-hybridized carbons (Fsp3) is 1.00. The molecule has 2 rings (SSSR count). The van der Waals surface area contributed by atoms with Crippen LogP contribution in [0.3, 0.4) is 0 Å². The standard InChI is InChI=1S/C9H16ClNO7S/c1-8(2)17-7-6(12)5(10)3-15-9(7,18-8)4-16-19(11,13)14/h5-7,12H,3-4H2,1-2H3,(H2,11,13,14)/t5-,6+,7-,9-/m0/s1. The summed E-state index contributed by atoms with van der Waals surface area (Å²) in [4.78, 5) is 0. The van der Waals surface area contributed by atoms with Crippen LogP contribution >= 0.6 is 11.6 Å². The second-order valence-electron chi connectivity index (χ2n) is 4.92. The van der Waals surface area contributed by atoms with Gasteiger partial charge in [0.1, 0.15) is 18.8 Å². The predicted octanol–water partition coefficient (Wildman–Crippen LogP) is -0.947. The number of halogens is 1. The molecule has 0 aromatic heterocycles. The third-order valence-corrected chi connectivity index (χ3v) is 3.69. The highest BCUT2D eigenvalue weighted by atomic mass is 35.5. The van der Waals surface area contributed by atoms with Crippen LogP contribution in [0.5, 0.6) is 0 Å². The minimum atomic E-state index is -4.17. The third kappa shape index (κ3) is 3.19. The van der Waals surface area contributed by atoms with Crippen LogP contribution < -0.4 is 5.14 Å². The summed E-state index contributed by atoms with van der Waals surface area (Å²) < 4.78 is 42.8. The van der Waals surface area contributed by atoms with Crippen molar-refractivity contribution in [2.24, 2.45) is 5.14 Å². The van der Waals surface area contributed by atoms with E-state index in [4.69, 9.17) is 31.0 Å². The molecule has 2 aliphatic heterocycles. The lowest BCUT2D eigenvalue weighted by atomic mass is 9.99. The molecule has 2 heterocycles. The van der Waals surface area contributed by atoms with Gasteiger partial charge in [0.05, 0.1) is 12.0 Å². The van der Waals surface area contributed by atoms with Crippen LogP contribution in [0.1, 0.15) is 13.8 Å². The van der Waals surface area contributed by atoms with Crippen molar-refractivity contribution < 1.29 is 31.9 Å². The largest absolute Gasteiger partial charge is 0.389 e. The Morgan fingerprint density at radius 3 is 2.74 bits per heavy atom. The minimum absolute atomic E-state index is 0.0351. The molecule has 0 spiro atoms. The fourth-order valence-corrected chi connectivity index (χ4v) is 2.69. The molecule has 2 saturated heterocycles. The summed E-state index contributed by atoms with van der Waals surface area (Å²) in [6.07, 6.45) is -2.05.